The smallest absolute Gasteiger partial charge is 0.243 e. The van der Waals surface area contributed by atoms with E-state index < -0.39 is 10.0 Å². The van der Waals surface area contributed by atoms with Crippen molar-refractivity contribution >= 4 is 10.0 Å². The SMILES string of the molecule is Cc1nc(-c2ccc(S(=O)(=O)N(C)C(C)CN)cc2)co1. The van der Waals surface area contributed by atoms with Crippen molar-refractivity contribution in [3.63, 3.8) is 0 Å². The fraction of sp³-hybridized carbons (Fsp3) is 0.357. The average molecular weight is 309 g/mol. The predicted octanol–water partition coefficient (Wildman–Crippen LogP) is 1.62. The van der Waals surface area contributed by atoms with E-state index in [2.05, 4.69) is 4.98 Å². The summed E-state index contributed by atoms with van der Waals surface area (Å²) in [4.78, 5) is 4.44. The van der Waals surface area contributed by atoms with Crippen molar-refractivity contribution in [2.24, 2.45) is 5.73 Å². The third-order valence-corrected chi connectivity index (χ3v) is 5.39. The summed E-state index contributed by atoms with van der Waals surface area (Å²) in [6.07, 6.45) is 1.54. The van der Waals surface area contributed by atoms with Crippen molar-refractivity contribution in [1.82, 2.24) is 9.29 Å². The van der Waals surface area contributed by atoms with Crippen LogP contribution in [0.3, 0.4) is 0 Å². The Morgan fingerprint density at radius 1 is 1.33 bits per heavy atom. The maximum Gasteiger partial charge on any atom is 0.243 e. The average Bonchev–Trinajstić information content (AvgIpc) is 2.92. The minimum atomic E-state index is -3.53. The zero-order chi connectivity index (χ0) is 15.6. The zero-order valence-corrected chi connectivity index (χ0v) is 13.1. The molecule has 0 fully saturated rings. The van der Waals surface area contributed by atoms with Gasteiger partial charge in [0.1, 0.15) is 12.0 Å². The van der Waals surface area contributed by atoms with Crippen LogP contribution in [0.1, 0.15) is 12.8 Å². The first-order chi connectivity index (χ1) is 9.86. The molecule has 0 aliphatic carbocycles. The summed E-state index contributed by atoms with van der Waals surface area (Å²) in [6.45, 7) is 3.79. The molecule has 2 aromatic rings. The van der Waals surface area contributed by atoms with Crippen LogP contribution in [0.15, 0.2) is 39.8 Å². The minimum Gasteiger partial charge on any atom is -0.449 e. The molecule has 1 aromatic heterocycles. The molecular weight excluding hydrogens is 290 g/mol. The van der Waals surface area contributed by atoms with Crippen LogP contribution in [-0.2, 0) is 10.0 Å². The number of hydrogen-bond acceptors (Lipinski definition) is 5. The number of hydrogen-bond donors (Lipinski definition) is 1. The number of sulfonamides is 1. The van der Waals surface area contributed by atoms with E-state index in [1.165, 1.54) is 11.4 Å². The highest BCUT2D eigenvalue weighted by Crippen LogP contribution is 2.22. The Hall–Kier alpha value is -1.70. The van der Waals surface area contributed by atoms with Gasteiger partial charge in [0, 0.05) is 32.1 Å². The highest BCUT2D eigenvalue weighted by atomic mass is 32.2. The number of benzene rings is 1. The highest BCUT2D eigenvalue weighted by Gasteiger charge is 2.24. The Balaban J connectivity index is 2.30. The number of aromatic nitrogens is 1. The van der Waals surface area contributed by atoms with Crippen molar-refractivity contribution in [2.75, 3.05) is 13.6 Å². The van der Waals surface area contributed by atoms with E-state index >= 15 is 0 Å². The van der Waals surface area contributed by atoms with E-state index in [1.54, 1.807) is 44.4 Å². The second-order valence-electron chi connectivity index (χ2n) is 4.88. The molecule has 0 aliphatic heterocycles. The lowest BCUT2D eigenvalue weighted by molar-refractivity contribution is 0.394. The van der Waals surface area contributed by atoms with Crippen LogP contribution in [0.4, 0.5) is 0 Å². The van der Waals surface area contributed by atoms with Gasteiger partial charge in [-0.15, -0.1) is 0 Å². The lowest BCUT2D eigenvalue weighted by Crippen LogP contribution is -2.39. The van der Waals surface area contributed by atoms with Crippen molar-refractivity contribution in [2.45, 2.75) is 24.8 Å². The number of aryl methyl sites for hydroxylation is 1. The van der Waals surface area contributed by atoms with Gasteiger partial charge in [0.25, 0.3) is 0 Å². The monoisotopic (exact) mass is 309 g/mol. The Labute approximate surface area is 124 Å². The molecule has 0 saturated carbocycles. The fourth-order valence-electron chi connectivity index (χ4n) is 1.85. The van der Waals surface area contributed by atoms with Gasteiger partial charge in [-0.3, -0.25) is 0 Å². The summed E-state index contributed by atoms with van der Waals surface area (Å²) in [7, 11) is -2.01. The molecule has 0 amide bonds. The molecule has 0 bridgehead atoms. The largest absolute Gasteiger partial charge is 0.449 e. The molecule has 2 rings (SSSR count). The van der Waals surface area contributed by atoms with Gasteiger partial charge in [-0.25, -0.2) is 13.4 Å². The molecule has 21 heavy (non-hydrogen) atoms. The second kappa shape index (κ2) is 5.97. The second-order valence-corrected chi connectivity index (χ2v) is 6.88. The number of nitrogens with two attached hydrogens (primary N) is 1. The molecule has 6 nitrogen and oxygen atoms in total. The lowest BCUT2D eigenvalue weighted by atomic mass is 10.2. The number of likely N-dealkylation sites (N-methyl/N-ethyl adjacent to an activating group) is 1. The maximum absolute atomic E-state index is 12.4. The van der Waals surface area contributed by atoms with Gasteiger partial charge in [-0.05, 0) is 19.1 Å². The molecule has 7 heteroatoms. The van der Waals surface area contributed by atoms with Crippen LogP contribution < -0.4 is 5.73 Å². The molecule has 1 aromatic carbocycles. The van der Waals surface area contributed by atoms with Crippen molar-refractivity contribution < 1.29 is 12.8 Å². The topological polar surface area (TPSA) is 89.4 Å². The van der Waals surface area contributed by atoms with Crippen LogP contribution in [-0.4, -0.2) is 37.3 Å². The zero-order valence-electron chi connectivity index (χ0n) is 12.3. The molecule has 1 heterocycles. The van der Waals surface area contributed by atoms with Gasteiger partial charge in [-0.1, -0.05) is 12.1 Å². The van der Waals surface area contributed by atoms with Crippen LogP contribution in [0.5, 0.6) is 0 Å². The summed E-state index contributed by atoms with van der Waals surface area (Å²) in [5.41, 5.74) is 7.01. The molecule has 114 valence electrons. The first-order valence-corrected chi connectivity index (χ1v) is 8.01. The minimum absolute atomic E-state index is 0.231. The van der Waals surface area contributed by atoms with Crippen LogP contribution in [0.25, 0.3) is 11.3 Å². The van der Waals surface area contributed by atoms with Crippen molar-refractivity contribution in [3.8, 4) is 11.3 Å². The summed E-state index contributed by atoms with van der Waals surface area (Å²) in [5.74, 6) is 0.568. The first kappa shape index (κ1) is 15.7. The Bertz CT molecular complexity index is 707. The van der Waals surface area contributed by atoms with Gasteiger partial charge in [0.15, 0.2) is 5.89 Å². The van der Waals surface area contributed by atoms with Crippen LogP contribution in [0.2, 0.25) is 0 Å². The molecule has 1 atom stereocenters. The number of rotatable bonds is 5. The van der Waals surface area contributed by atoms with Gasteiger partial charge < -0.3 is 10.2 Å². The predicted molar refractivity (Wildman–Crippen MR) is 80.1 cm³/mol. The van der Waals surface area contributed by atoms with Gasteiger partial charge in [-0.2, -0.15) is 4.31 Å². The normalized spacial score (nSPS) is 13.6. The summed E-state index contributed by atoms with van der Waals surface area (Å²) < 4.78 is 31.3. The third kappa shape index (κ3) is 3.15. The Morgan fingerprint density at radius 3 is 2.43 bits per heavy atom. The van der Waals surface area contributed by atoms with Crippen molar-refractivity contribution in [3.05, 3.63) is 36.4 Å². The number of nitrogens with zero attached hydrogens (tertiary/aromatic N) is 2. The standard InChI is InChI=1S/C14H19N3O3S/c1-10(8-15)17(3)21(18,19)13-6-4-12(5-7-13)14-9-20-11(2)16-14/h4-7,9-10H,8,15H2,1-3H3. The summed E-state index contributed by atoms with van der Waals surface area (Å²) in [5, 5.41) is 0. The maximum atomic E-state index is 12.4. The number of oxazole rings is 1. The molecule has 0 aliphatic rings. The molecule has 2 N–H and O–H groups in total. The summed E-state index contributed by atoms with van der Waals surface area (Å²) >= 11 is 0. The molecular formula is C14H19N3O3S. The Kier molecular flexibility index (Phi) is 4.46. The van der Waals surface area contributed by atoms with Gasteiger partial charge in [0.05, 0.1) is 4.90 Å². The molecule has 1 unspecified atom stereocenters. The van der Waals surface area contributed by atoms with E-state index in [0.717, 1.165) is 5.56 Å². The van der Waals surface area contributed by atoms with Gasteiger partial charge in [0.2, 0.25) is 10.0 Å². The van der Waals surface area contributed by atoms with E-state index in [4.69, 9.17) is 10.2 Å². The van der Waals surface area contributed by atoms with E-state index in [1.807, 2.05) is 0 Å². The lowest BCUT2D eigenvalue weighted by Gasteiger charge is -2.23. The first-order valence-electron chi connectivity index (χ1n) is 6.57. The molecule has 0 saturated heterocycles. The van der Waals surface area contributed by atoms with Crippen molar-refractivity contribution in [1.29, 1.82) is 0 Å². The Morgan fingerprint density at radius 2 is 1.95 bits per heavy atom. The van der Waals surface area contributed by atoms with Crippen LogP contribution in [0, 0.1) is 6.92 Å². The quantitative estimate of drug-likeness (QED) is 0.906. The molecule has 0 radical (unpaired) electrons. The van der Waals surface area contributed by atoms with E-state index in [9.17, 15) is 8.42 Å². The third-order valence-electron chi connectivity index (χ3n) is 3.41. The fourth-order valence-corrected chi connectivity index (χ4v) is 3.22. The van der Waals surface area contributed by atoms with E-state index in [-0.39, 0.29) is 17.5 Å². The van der Waals surface area contributed by atoms with Crippen LogP contribution >= 0.6 is 0 Å². The molecule has 0 spiro atoms. The highest BCUT2D eigenvalue weighted by molar-refractivity contribution is 7.89. The summed E-state index contributed by atoms with van der Waals surface area (Å²) in [6, 6.07) is 6.30. The van der Waals surface area contributed by atoms with Gasteiger partial charge >= 0.3 is 0 Å². The van der Waals surface area contributed by atoms with E-state index in [0.29, 0.717) is 11.6 Å².